The summed E-state index contributed by atoms with van der Waals surface area (Å²) < 4.78 is 37.3. The Morgan fingerprint density at radius 1 is 0.938 bits per heavy atom. The maximum absolute atomic E-state index is 12.4. The minimum atomic E-state index is -4.08. The molecule has 0 bridgehead atoms. The van der Waals surface area contributed by atoms with Gasteiger partial charge in [-0.3, -0.25) is 0 Å². The van der Waals surface area contributed by atoms with Crippen molar-refractivity contribution >= 4 is 0 Å². The molecule has 0 spiro atoms. The summed E-state index contributed by atoms with van der Waals surface area (Å²) >= 11 is 0. The van der Waals surface area contributed by atoms with E-state index >= 15 is 0 Å². The molecule has 3 atom stereocenters. The summed E-state index contributed by atoms with van der Waals surface area (Å²) in [5.74, 6) is 0.374. The molecule has 2 fully saturated rings. The summed E-state index contributed by atoms with van der Waals surface area (Å²) in [6.45, 7) is 1.52. The van der Waals surface area contributed by atoms with Crippen LogP contribution in [0.25, 0.3) is 0 Å². The molecule has 0 aromatic carbocycles. The lowest BCUT2D eigenvalue weighted by molar-refractivity contribution is -0.162. The number of alkyl halides is 3. The number of hydrogen-bond donors (Lipinski definition) is 2. The molecule has 2 heterocycles. The fourth-order valence-corrected chi connectivity index (χ4v) is 2.78. The molecule has 0 radical (unpaired) electrons. The Labute approximate surface area is 94.0 Å². The van der Waals surface area contributed by atoms with Crippen LogP contribution in [0.15, 0.2) is 0 Å². The number of halogens is 3. The first-order chi connectivity index (χ1) is 7.57. The highest BCUT2D eigenvalue weighted by atomic mass is 19.4. The predicted octanol–water partition coefficient (Wildman–Crippen LogP) is 2.06. The smallest absolute Gasteiger partial charge is 0.314 e. The Balaban J connectivity index is 1.80. The maximum atomic E-state index is 12.4. The van der Waals surface area contributed by atoms with E-state index in [0.717, 1.165) is 13.0 Å². The summed E-state index contributed by atoms with van der Waals surface area (Å²) in [5, 5.41) is 6.06. The number of nitrogens with one attached hydrogen (secondary N) is 2. The average Bonchev–Trinajstić information content (AvgIpc) is 2.29. The Morgan fingerprint density at radius 2 is 1.75 bits per heavy atom. The largest absolute Gasteiger partial charge is 0.403 e. The minimum absolute atomic E-state index is 0.229. The molecule has 0 saturated carbocycles. The summed E-state index contributed by atoms with van der Waals surface area (Å²) in [4.78, 5) is 0. The van der Waals surface area contributed by atoms with Gasteiger partial charge >= 0.3 is 6.18 Å². The van der Waals surface area contributed by atoms with Crippen LogP contribution in [0.1, 0.15) is 32.1 Å². The van der Waals surface area contributed by atoms with Crippen molar-refractivity contribution in [3.63, 3.8) is 0 Å². The monoisotopic (exact) mass is 236 g/mol. The van der Waals surface area contributed by atoms with Crippen molar-refractivity contribution in [1.82, 2.24) is 10.6 Å². The van der Waals surface area contributed by atoms with Gasteiger partial charge in [0.15, 0.2) is 0 Å². The molecule has 94 valence electrons. The van der Waals surface area contributed by atoms with Crippen molar-refractivity contribution in [3.05, 3.63) is 0 Å². The van der Waals surface area contributed by atoms with Crippen LogP contribution >= 0.6 is 0 Å². The van der Waals surface area contributed by atoms with Crippen LogP contribution in [0.3, 0.4) is 0 Å². The summed E-state index contributed by atoms with van der Waals surface area (Å²) in [6.07, 6.45) is 0.355. The van der Waals surface area contributed by atoms with Crippen molar-refractivity contribution in [3.8, 4) is 0 Å². The minimum Gasteiger partial charge on any atom is -0.314 e. The average molecular weight is 236 g/mol. The molecule has 0 aromatic rings. The van der Waals surface area contributed by atoms with Gasteiger partial charge in [0.2, 0.25) is 0 Å². The first-order valence-electron chi connectivity index (χ1n) is 6.11. The highest BCUT2D eigenvalue weighted by molar-refractivity contribution is 4.89. The van der Waals surface area contributed by atoms with Gasteiger partial charge < -0.3 is 10.6 Å². The van der Waals surface area contributed by atoms with E-state index < -0.39 is 12.2 Å². The number of rotatable bonds is 1. The third-order valence-electron chi connectivity index (χ3n) is 3.77. The summed E-state index contributed by atoms with van der Waals surface area (Å²) in [6, 6.07) is -0.859. The first-order valence-corrected chi connectivity index (χ1v) is 6.11. The summed E-state index contributed by atoms with van der Waals surface area (Å²) in [7, 11) is 0. The molecule has 0 aromatic heterocycles. The van der Waals surface area contributed by atoms with Crippen molar-refractivity contribution in [2.45, 2.75) is 50.4 Å². The Bertz CT molecular complexity index is 216. The topological polar surface area (TPSA) is 24.1 Å². The van der Waals surface area contributed by atoms with Crippen LogP contribution in [-0.4, -0.2) is 31.3 Å². The molecule has 2 nitrogen and oxygen atoms in total. The van der Waals surface area contributed by atoms with E-state index in [1.54, 1.807) is 0 Å². The molecule has 3 unspecified atom stereocenters. The quantitative estimate of drug-likeness (QED) is 0.728. The Morgan fingerprint density at radius 3 is 2.25 bits per heavy atom. The van der Waals surface area contributed by atoms with Crippen LogP contribution < -0.4 is 10.6 Å². The normalized spacial score (nSPS) is 37.3. The molecule has 2 saturated heterocycles. The predicted molar refractivity (Wildman–Crippen MR) is 56.2 cm³/mol. The number of hydrogen-bond acceptors (Lipinski definition) is 2. The number of piperidine rings is 2. The maximum Gasteiger partial charge on any atom is 0.403 e. The molecule has 16 heavy (non-hydrogen) atoms. The van der Waals surface area contributed by atoms with Crippen LogP contribution in [0.4, 0.5) is 13.2 Å². The fourth-order valence-electron chi connectivity index (χ4n) is 2.78. The highest BCUT2D eigenvalue weighted by Crippen LogP contribution is 2.30. The van der Waals surface area contributed by atoms with Crippen LogP contribution in [-0.2, 0) is 0 Å². The van der Waals surface area contributed by atoms with Crippen molar-refractivity contribution < 1.29 is 13.2 Å². The van der Waals surface area contributed by atoms with Gasteiger partial charge in [-0.05, 0) is 38.1 Å². The standard InChI is InChI=1S/C11H19F3N2/c12-11(13,14)10-5-4-8(7-16-10)9-3-1-2-6-15-9/h8-10,15-16H,1-7H2. The molecule has 2 N–H and O–H groups in total. The molecular formula is C11H19F3N2. The zero-order valence-corrected chi connectivity index (χ0v) is 9.32. The third-order valence-corrected chi connectivity index (χ3v) is 3.77. The van der Waals surface area contributed by atoms with Gasteiger partial charge in [-0.1, -0.05) is 6.42 Å². The SMILES string of the molecule is FC(F)(F)C1CCC(C2CCCCN2)CN1. The van der Waals surface area contributed by atoms with Gasteiger partial charge in [0.25, 0.3) is 0 Å². The zero-order chi connectivity index (χ0) is 11.6. The van der Waals surface area contributed by atoms with Gasteiger partial charge in [0.05, 0.1) is 0 Å². The van der Waals surface area contributed by atoms with Gasteiger partial charge in [-0.2, -0.15) is 13.2 Å². The van der Waals surface area contributed by atoms with Gasteiger partial charge in [0, 0.05) is 12.6 Å². The van der Waals surface area contributed by atoms with E-state index in [-0.39, 0.29) is 6.42 Å². The lowest BCUT2D eigenvalue weighted by Crippen LogP contribution is -2.53. The molecular weight excluding hydrogens is 217 g/mol. The van der Waals surface area contributed by atoms with Gasteiger partial charge in [0.1, 0.15) is 6.04 Å². The van der Waals surface area contributed by atoms with E-state index in [2.05, 4.69) is 10.6 Å². The third kappa shape index (κ3) is 2.88. The van der Waals surface area contributed by atoms with Gasteiger partial charge in [-0.25, -0.2) is 0 Å². The second-order valence-corrected chi connectivity index (χ2v) is 4.90. The van der Waals surface area contributed by atoms with Gasteiger partial charge in [-0.15, -0.1) is 0 Å². The first kappa shape index (κ1) is 12.2. The van der Waals surface area contributed by atoms with E-state index in [1.807, 2.05) is 0 Å². The van der Waals surface area contributed by atoms with Crippen molar-refractivity contribution in [2.24, 2.45) is 5.92 Å². The van der Waals surface area contributed by atoms with Crippen LogP contribution in [0, 0.1) is 5.92 Å². The second kappa shape index (κ2) is 4.92. The zero-order valence-electron chi connectivity index (χ0n) is 9.32. The molecule has 0 aliphatic carbocycles. The molecule has 2 rings (SSSR count). The second-order valence-electron chi connectivity index (χ2n) is 4.90. The van der Waals surface area contributed by atoms with Crippen molar-refractivity contribution in [2.75, 3.05) is 13.1 Å². The van der Waals surface area contributed by atoms with Crippen LogP contribution in [0.5, 0.6) is 0 Å². The Kier molecular flexibility index (Phi) is 3.74. The van der Waals surface area contributed by atoms with Crippen LogP contribution in [0.2, 0.25) is 0 Å². The van der Waals surface area contributed by atoms with E-state index in [1.165, 1.54) is 12.8 Å². The fraction of sp³-hybridized carbons (Fsp3) is 1.00. The van der Waals surface area contributed by atoms with E-state index in [9.17, 15) is 13.2 Å². The van der Waals surface area contributed by atoms with Crippen molar-refractivity contribution in [1.29, 1.82) is 0 Å². The summed E-state index contributed by atoms with van der Waals surface area (Å²) in [5.41, 5.74) is 0. The highest BCUT2D eigenvalue weighted by Gasteiger charge is 2.42. The van der Waals surface area contributed by atoms with E-state index in [4.69, 9.17) is 0 Å². The lowest BCUT2D eigenvalue weighted by Gasteiger charge is -2.37. The molecule has 0 amide bonds. The Hall–Kier alpha value is -0.290. The molecule has 2 aliphatic heterocycles. The lowest BCUT2D eigenvalue weighted by atomic mass is 9.84. The van der Waals surface area contributed by atoms with E-state index in [0.29, 0.717) is 24.9 Å². The molecule has 2 aliphatic rings. The molecule has 5 heteroatoms.